The predicted octanol–water partition coefficient (Wildman–Crippen LogP) is 2.66. The van der Waals surface area contributed by atoms with E-state index in [1.54, 1.807) is 19.1 Å². The molecule has 1 amide bonds. The number of nitro benzene ring substituents is 1. The monoisotopic (exact) mass is 414 g/mol. The van der Waals surface area contributed by atoms with Gasteiger partial charge in [0, 0.05) is 24.7 Å². The highest BCUT2D eigenvalue weighted by molar-refractivity contribution is 5.92. The van der Waals surface area contributed by atoms with Gasteiger partial charge in [-0.3, -0.25) is 14.9 Å². The highest BCUT2D eigenvalue weighted by atomic mass is 16.6. The normalized spacial score (nSPS) is 12.7. The molecule has 1 heterocycles. The summed E-state index contributed by atoms with van der Waals surface area (Å²) in [6, 6.07) is 7.69. The molecule has 0 N–H and O–H groups in total. The quantitative estimate of drug-likeness (QED) is 0.406. The first-order chi connectivity index (χ1) is 14.3. The zero-order chi connectivity index (χ0) is 21.8. The molecule has 9 nitrogen and oxygen atoms in total. The molecule has 0 bridgehead atoms. The second-order valence-corrected chi connectivity index (χ2v) is 6.88. The van der Waals surface area contributed by atoms with E-state index in [9.17, 15) is 19.7 Å². The van der Waals surface area contributed by atoms with Crippen molar-refractivity contribution in [2.24, 2.45) is 0 Å². The number of aryl methyl sites for hydroxylation is 1. The molecule has 2 aromatic rings. The molecule has 1 aliphatic rings. The van der Waals surface area contributed by atoms with Crippen LogP contribution >= 0.6 is 0 Å². The number of esters is 1. The lowest BCUT2D eigenvalue weighted by molar-refractivity contribution is -0.385. The Hall–Kier alpha value is -3.62. The zero-order valence-electron chi connectivity index (χ0n) is 17.0. The predicted molar refractivity (Wildman–Crippen MR) is 107 cm³/mol. The van der Waals surface area contributed by atoms with Gasteiger partial charge in [-0.2, -0.15) is 0 Å². The van der Waals surface area contributed by atoms with Crippen LogP contribution in [0.2, 0.25) is 0 Å². The third-order valence-corrected chi connectivity index (χ3v) is 5.03. The summed E-state index contributed by atoms with van der Waals surface area (Å²) in [5, 5.41) is 10.9. The summed E-state index contributed by atoms with van der Waals surface area (Å²) in [6.07, 6.45) is 0.650. The van der Waals surface area contributed by atoms with E-state index in [1.165, 1.54) is 25.1 Å². The maximum atomic E-state index is 12.5. The molecule has 158 valence electrons. The van der Waals surface area contributed by atoms with Gasteiger partial charge in [0.1, 0.15) is 0 Å². The average molecular weight is 414 g/mol. The minimum atomic E-state index is -0.704. The number of nitro groups is 1. The van der Waals surface area contributed by atoms with E-state index in [0.717, 1.165) is 11.1 Å². The summed E-state index contributed by atoms with van der Waals surface area (Å²) in [5.41, 5.74) is 2.45. The van der Waals surface area contributed by atoms with E-state index in [0.29, 0.717) is 36.6 Å². The van der Waals surface area contributed by atoms with Gasteiger partial charge in [-0.05, 0) is 48.7 Å². The molecule has 30 heavy (non-hydrogen) atoms. The molecular formula is C21H22N2O7. The van der Waals surface area contributed by atoms with Crippen molar-refractivity contribution in [2.75, 3.05) is 27.4 Å². The molecule has 3 rings (SSSR count). The lowest BCUT2D eigenvalue weighted by atomic mass is 9.99. The number of carbonyl (C=O) groups is 2. The Morgan fingerprint density at radius 1 is 1.10 bits per heavy atom. The second-order valence-electron chi connectivity index (χ2n) is 6.88. The molecule has 0 aliphatic carbocycles. The van der Waals surface area contributed by atoms with Crippen LogP contribution in [0, 0.1) is 17.0 Å². The second kappa shape index (κ2) is 8.81. The van der Waals surface area contributed by atoms with Gasteiger partial charge >= 0.3 is 5.97 Å². The molecule has 9 heteroatoms. The van der Waals surface area contributed by atoms with Crippen molar-refractivity contribution in [1.82, 2.24) is 4.90 Å². The van der Waals surface area contributed by atoms with Crippen LogP contribution in [0.4, 0.5) is 5.69 Å². The number of carbonyl (C=O) groups excluding carboxylic acids is 2. The van der Waals surface area contributed by atoms with Gasteiger partial charge in [0.25, 0.3) is 11.6 Å². The van der Waals surface area contributed by atoms with Gasteiger partial charge in [0.15, 0.2) is 18.1 Å². The van der Waals surface area contributed by atoms with Crippen LogP contribution in [0.15, 0.2) is 30.3 Å². The Bertz CT molecular complexity index is 1000. The third kappa shape index (κ3) is 4.35. The third-order valence-electron chi connectivity index (χ3n) is 5.03. The largest absolute Gasteiger partial charge is 0.493 e. The van der Waals surface area contributed by atoms with E-state index in [2.05, 4.69) is 0 Å². The van der Waals surface area contributed by atoms with Crippen molar-refractivity contribution in [3.63, 3.8) is 0 Å². The average Bonchev–Trinajstić information content (AvgIpc) is 2.75. The number of hydrogen-bond acceptors (Lipinski definition) is 7. The molecular weight excluding hydrogens is 392 g/mol. The Morgan fingerprint density at radius 2 is 1.77 bits per heavy atom. The van der Waals surface area contributed by atoms with Crippen LogP contribution in [0.25, 0.3) is 0 Å². The molecule has 1 aliphatic heterocycles. The van der Waals surface area contributed by atoms with Crippen molar-refractivity contribution >= 4 is 17.6 Å². The van der Waals surface area contributed by atoms with E-state index < -0.39 is 17.5 Å². The Labute approximate surface area is 173 Å². The number of rotatable bonds is 6. The van der Waals surface area contributed by atoms with Crippen LogP contribution in [-0.4, -0.2) is 49.1 Å². The molecule has 0 saturated carbocycles. The summed E-state index contributed by atoms with van der Waals surface area (Å²) in [5.74, 6) is 0.210. The van der Waals surface area contributed by atoms with Crippen LogP contribution in [0.5, 0.6) is 11.5 Å². The fraction of sp³-hybridized carbons (Fsp3) is 0.333. The maximum absolute atomic E-state index is 12.5. The minimum Gasteiger partial charge on any atom is -0.493 e. The number of amides is 1. The van der Waals surface area contributed by atoms with Crippen molar-refractivity contribution in [3.8, 4) is 11.5 Å². The topological polar surface area (TPSA) is 108 Å². The number of methoxy groups -OCH3 is 2. The highest BCUT2D eigenvalue weighted by Gasteiger charge is 2.24. The van der Waals surface area contributed by atoms with E-state index in [1.807, 2.05) is 12.1 Å². The lowest BCUT2D eigenvalue weighted by Gasteiger charge is -2.29. The van der Waals surface area contributed by atoms with Gasteiger partial charge in [0.05, 0.1) is 24.7 Å². The first-order valence-corrected chi connectivity index (χ1v) is 9.27. The van der Waals surface area contributed by atoms with Gasteiger partial charge in [-0.1, -0.05) is 0 Å². The van der Waals surface area contributed by atoms with E-state index in [4.69, 9.17) is 14.2 Å². The summed E-state index contributed by atoms with van der Waals surface area (Å²) < 4.78 is 15.8. The Balaban J connectivity index is 1.63. The summed E-state index contributed by atoms with van der Waals surface area (Å²) in [4.78, 5) is 36.7. The van der Waals surface area contributed by atoms with Crippen LogP contribution in [-0.2, 0) is 22.5 Å². The molecule has 0 radical (unpaired) electrons. The molecule has 0 spiro atoms. The maximum Gasteiger partial charge on any atom is 0.338 e. The van der Waals surface area contributed by atoms with Crippen molar-refractivity contribution in [3.05, 3.63) is 62.7 Å². The molecule has 2 aromatic carbocycles. The van der Waals surface area contributed by atoms with Gasteiger partial charge < -0.3 is 19.1 Å². The van der Waals surface area contributed by atoms with E-state index in [-0.39, 0.29) is 17.2 Å². The standard InChI is InChI=1S/C21H22N2O7/c1-13-8-15(4-5-17(13)23(26)27)21(25)30-12-20(24)22-7-6-14-9-18(28-2)19(29-3)10-16(14)11-22/h4-5,8-10H,6-7,11-12H2,1-3H3. The number of hydrogen-bond donors (Lipinski definition) is 0. The number of ether oxygens (including phenoxy) is 3. The van der Waals surface area contributed by atoms with Gasteiger partial charge in [0.2, 0.25) is 0 Å². The number of benzene rings is 2. The highest BCUT2D eigenvalue weighted by Crippen LogP contribution is 2.33. The molecule has 0 aromatic heterocycles. The molecule has 0 atom stereocenters. The zero-order valence-corrected chi connectivity index (χ0v) is 17.0. The van der Waals surface area contributed by atoms with Crippen molar-refractivity contribution in [2.45, 2.75) is 19.9 Å². The Morgan fingerprint density at radius 3 is 2.37 bits per heavy atom. The minimum absolute atomic E-state index is 0.0818. The smallest absolute Gasteiger partial charge is 0.338 e. The van der Waals surface area contributed by atoms with Crippen molar-refractivity contribution in [1.29, 1.82) is 0 Å². The summed E-state index contributed by atoms with van der Waals surface area (Å²) in [7, 11) is 3.12. The number of fused-ring (bicyclic) bond motifs is 1. The van der Waals surface area contributed by atoms with Crippen LogP contribution in [0.1, 0.15) is 27.0 Å². The van der Waals surface area contributed by atoms with E-state index >= 15 is 0 Å². The van der Waals surface area contributed by atoms with Crippen LogP contribution in [0.3, 0.4) is 0 Å². The van der Waals surface area contributed by atoms with Crippen molar-refractivity contribution < 1.29 is 28.7 Å². The summed E-state index contributed by atoms with van der Waals surface area (Å²) in [6.45, 7) is 2.00. The molecule has 0 unspecified atom stereocenters. The molecule has 0 saturated heterocycles. The molecule has 0 fully saturated rings. The fourth-order valence-corrected chi connectivity index (χ4v) is 3.39. The Kier molecular flexibility index (Phi) is 6.20. The summed E-state index contributed by atoms with van der Waals surface area (Å²) >= 11 is 0. The fourth-order valence-electron chi connectivity index (χ4n) is 3.39. The number of nitrogens with zero attached hydrogens (tertiary/aromatic N) is 2. The SMILES string of the molecule is COc1cc2c(cc1OC)CN(C(=O)COC(=O)c1ccc([N+](=O)[O-])c(C)c1)CC2. The van der Waals surface area contributed by atoms with Crippen LogP contribution < -0.4 is 9.47 Å². The lowest BCUT2D eigenvalue weighted by Crippen LogP contribution is -2.38. The first kappa shape index (κ1) is 21.1. The first-order valence-electron chi connectivity index (χ1n) is 9.27. The van der Waals surface area contributed by atoms with Gasteiger partial charge in [-0.25, -0.2) is 4.79 Å². The van der Waals surface area contributed by atoms with Gasteiger partial charge in [-0.15, -0.1) is 0 Å².